The molecule has 1 aliphatic rings. The van der Waals surface area contributed by atoms with E-state index in [0.717, 1.165) is 0 Å². The molecule has 66 valence electrons. The zero-order valence-electron chi connectivity index (χ0n) is 6.95. The van der Waals surface area contributed by atoms with Gasteiger partial charge in [-0.1, -0.05) is 13.8 Å². The minimum Gasteiger partial charge on any atom is -0.348 e. The highest BCUT2D eigenvalue weighted by Gasteiger charge is 2.46. The van der Waals surface area contributed by atoms with Crippen LogP contribution in [0.25, 0.3) is 0 Å². The average molecular weight is 165 g/mol. The van der Waals surface area contributed by atoms with Gasteiger partial charge in [-0.3, -0.25) is 4.79 Å². The molecule has 2 nitrogen and oxygen atoms in total. The largest absolute Gasteiger partial charge is 0.348 e. The molecule has 1 rings (SSSR count). The number of halogens is 2. The molecule has 0 aromatic carbocycles. The topological polar surface area (TPSA) is 29.1 Å². The first-order valence-corrected chi connectivity index (χ1v) is 3.71. The second-order valence-electron chi connectivity index (χ2n) is 2.28. The Labute approximate surface area is 65.0 Å². The van der Waals surface area contributed by atoms with Crippen molar-refractivity contribution in [1.29, 1.82) is 0 Å². The molecule has 11 heavy (non-hydrogen) atoms. The van der Waals surface area contributed by atoms with E-state index < -0.39 is 11.8 Å². The Bertz CT molecular complexity index is 147. The van der Waals surface area contributed by atoms with E-state index in [1.54, 1.807) is 6.92 Å². The van der Waals surface area contributed by atoms with Gasteiger partial charge in [0.15, 0.2) is 0 Å². The second kappa shape index (κ2) is 3.64. The van der Waals surface area contributed by atoms with E-state index in [2.05, 4.69) is 5.32 Å². The molecular weight excluding hydrogens is 152 g/mol. The molecule has 0 radical (unpaired) electrons. The molecule has 0 aromatic heterocycles. The predicted molar refractivity (Wildman–Crippen MR) is 38.5 cm³/mol. The molecule has 1 unspecified atom stereocenters. The van der Waals surface area contributed by atoms with Crippen LogP contribution in [-0.4, -0.2) is 17.9 Å². The number of nitrogens with one attached hydrogen (secondary N) is 1. The van der Waals surface area contributed by atoms with Crippen molar-refractivity contribution in [2.75, 3.05) is 0 Å². The third kappa shape index (κ3) is 2.44. The Morgan fingerprint density at radius 3 is 2.09 bits per heavy atom. The second-order valence-corrected chi connectivity index (χ2v) is 2.28. The first-order valence-electron chi connectivity index (χ1n) is 3.71. The smallest absolute Gasteiger partial charge is 0.326 e. The molecule has 0 saturated carbocycles. The van der Waals surface area contributed by atoms with Gasteiger partial charge in [-0.2, -0.15) is 8.78 Å². The molecule has 1 N–H and O–H groups in total. The minimum absolute atomic E-state index is 0.369. The van der Waals surface area contributed by atoms with Crippen molar-refractivity contribution < 1.29 is 13.6 Å². The van der Waals surface area contributed by atoms with Crippen LogP contribution in [0, 0.1) is 0 Å². The quantitative estimate of drug-likeness (QED) is 0.579. The Morgan fingerprint density at radius 1 is 1.55 bits per heavy atom. The summed E-state index contributed by atoms with van der Waals surface area (Å²) in [5.74, 6) is -4.27. The summed E-state index contributed by atoms with van der Waals surface area (Å²) < 4.78 is 24.4. The standard InChI is InChI=1S/C5H7F2NO.C2H6/c1-3-2-5(6,7)4(9)8-3;1-2/h3H,2H2,1H3,(H,8,9);1-2H3. The molecule has 1 aliphatic heterocycles. The first-order chi connectivity index (χ1) is 5.02. The third-order valence-electron chi connectivity index (χ3n) is 1.27. The van der Waals surface area contributed by atoms with E-state index in [9.17, 15) is 13.6 Å². The van der Waals surface area contributed by atoms with E-state index in [0.29, 0.717) is 0 Å². The van der Waals surface area contributed by atoms with Crippen molar-refractivity contribution in [3.63, 3.8) is 0 Å². The fourth-order valence-electron chi connectivity index (χ4n) is 0.858. The summed E-state index contributed by atoms with van der Waals surface area (Å²) in [6.45, 7) is 5.55. The van der Waals surface area contributed by atoms with Crippen LogP contribution in [0.1, 0.15) is 27.2 Å². The van der Waals surface area contributed by atoms with E-state index >= 15 is 0 Å². The molecule has 1 amide bonds. The summed E-state index contributed by atoms with van der Waals surface area (Å²) >= 11 is 0. The van der Waals surface area contributed by atoms with Crippen LogP contribution in [0.4, 0.5) is 8.78 Å². The van der Waals surface area contributed by atoms with E-state index in [4.69, 9.17) is 0 Å². The van der Waals surface area contributed by atoms with Gasteiger partial charge in [0.25, 0.3) is 5.91 Å². The Hall–Kier alpha value is -0.670. The number of hydrogen-bond acceptors (Lipinski definition) is 1. The molecule has 0 aromatic rings. The number of carbonyl (C=O) groups is 1. The van der Waals surface area contributed by atoms with Crippen molar-refractivity contribution in [3.05, 3.63) is 0 Å². The molecule has 0 aliphatic carbocycles. The minimum atomic E-state index is -3.13. The zero-order valence-corrected chi connectivity index (χ0v) is 6.95. The van der Waals surface area contributed by atoms with Gasteiger partial charge in [0.2, 0.25) is 0 Å². The highest BCUT2D eigenvalue weighted by molar-refractivity contribution is 5.85. The summed E-state index contributed by atoms with van der Waals surface area (Å²) in [5.41, 5.74) is 0. The molecule has 4 heteroatoms. The van der Waals surface area contributed by atoms with E-state index in [1.807, 2.05) is 13.8 Å². The SMILES string of the molecule is CC.CC1CC(F)(F)C(=O)N1. The van der Waals surface area contributed by atoms with E-state index in [1.165, 1.54) is 0 Å². The fourth-order valence-corrected chi connectivity index (χ4v) is 0.858. The van der Waals surface area contributed by atoms with Crippen LogP contribution in [0.15, 0.2) is 0 Å². The van der Waals surface area contributed by atoms with Crippen molar-refractivity contribution in [2.45, 2.75) is 39.2 Å². The van der Waals surface area contributed by atoms with Crippen molar-refractivity contribution in [2.24, 2.45) is 0 Å². The molecule has 1 fully saturated rings. The summed E-state index contributed by atoms with van der Waals surface area (Å²) in [6, 6.07) is -0.382. The fraction of sp³-hybridized carbons (Fsp3) is 0.857. The monoisotopic (exact) mass is 165 g/mol. The number of rotatable bonds is 0. The van der Waals surface area contributed by atoms with Gasteiger partial charge in [-0.25, -0.2) is 0 Å². The van der Waals surface area contributed by atoms with Crippen LogP contribution >= 0.6 is 0 Å². The Kier molecular flexibility index (Phi) is 3.42. The normalized spacial score (nSPS) is 27.0. The lowest BCUT2D eigenvalue weighted by Crippen LogP contribution is -2.29. The molecule has 1 saturated heterocycles. The summed E-state index contributed by atoms with van der Waals surface area (Å²) in [5, 5.41) is 2.12. The molecular formula is C7H13F2NO. The van der Waals surface area contributed by atoms with Crippen LogP contribution in [0.3, 0.4) is 0 Å². The highest BCUT2D eigenvalue weighted by Crippen LogP contribution is 2.25. The lowest BCUT2D eigenvalue weighted by Gasteiger charge is -2.00. The van der Waals surface area contributed by atoms with Crippen molar-refractivity contribution >= 4 is 5.91 Å². The predicted octanol–water partition coefficient (Wildman–Crippen LogP) is 1.56. The van der Waals surface area contributed by atoms with Crippen molar-refractivity contribution in [1.82, 2.24) is 5.32 Å². The van der Waals surface area contributed by atoms with Gasteiger partial charge in [-0.05, 0) is 6.92 Å². The van der Waals surface area contributed by atoms with Gasteiger partial charge in [-0.15, -0.1) is 0 Å². The van der Waals surface area contributed by atoms with Gasteiger partial charge in [0, 0.05) is 12.5 Å². The number of amides is 1. The molecule has 0 bridgehead atoms. The lowest BCUT2D eigenvalue weighted by atomic mass is 10.2. The summed E-state index contributed by atoms with van der Waals surface area (Å²) in [6.07, 6.45) is -0.369. The summed E-state index contributed by atoms with van der Waals surface area (Å²) in [4.78, 5) is 10.2. The maximum atomic E-state index is 12.2. The van der Waals surface area contributed by atoms with Crippen molar-refractivity contribution in [3.8, 4) is 0 Å². The number of carbonyl (C=O) groups excluding carboxylic acids is 1. The average Bonchev–Trinajstić information content (AvgIpc) is 2.10. The van der Waals surface area contributed by atoms with Crippen LogP contribution in [-0.2, 0) is 4.79 Å². The number of hydrogen-bond donors (Lipinski definition) is 1. The van der Waals surface area contributed by atoms with Crippen LogP contribution < -0.4 is 5.32 Å². The molecule has 1 atom stereocenters. The third-order valence-corrected chi connectivity index (χ3v) is 1.27. The Morgan fingerprint density at radius 2 is 2.00 bits per heavy atom. The molecule has 0 spiro atoms. The van der Waals surface area contributed by atoms with Gasteiger partial charge < -0.3 is 5.32 Å². The zero-order chi connectivity index (χ0) is 9.07. The van der Waals surface area contributed by atoms with Gasteiger partial charge in [0.1, 0.15) is 0 Å². The van der Waals surface area contributed by atoms with Crippen LogP contribution in [0.2, 0.25) is 0 Å². The maximum absolute atomic E-state index is 12.2. The summed E-state index contributed by atoms with van der Waals surface area (Å²) in [7, 11) is 0. The lowest BCUT2D eigenvalue weighted by molar-refractivity contribution is -0.139. The molecule has 1 heterocycles. The highest BCUT2D eigenvalue weighted by atomic mass is 19.3. The Balaban J connectivity index is 0.000000461. The maximum Gasteiger partial charge on any atom is 0.326 e. The number of alkyl halides is 2. The van der Waals surface area contributed by atoms with Crippen LogP contribution in [0.5, 0.6) is 0 Å². The first kappa shape index (κ1) is 10.3. The van der Waals surface area contributed by atoms with Gasteiger partial charge in [0.05, 0.1) is 0 Å². The van der Waals surface area contributed by atoms with Gasteiger partial charge >= 0.3 is 5.92 Å². The van der Waals surface area contributed by atoms with E-state index in [-0.39, 0.29) is 12.5 Å².